The number of amides is 1. The summed E-state index contributed by atoms with van der Waals surface area (Å²) in [6.45, 7) is 3.06. The SMILES string of the molecule is CCOc1ccc(CN(C)C(=O)c2cc(Cl)ccc2OC)cc1. The highest BCUT2D eigenvalue weighted by Crippen LogP contribution is 2.24. The van der Waals surface area contributed by atoms with Crippen molar-refractivity contribution in [3.05, 3.63) is 58.6 Å². The highest BCUT2D eigenvalue weighted by atomic mass is 35.5. The van der Waals surface area contributed by atoms with Crippen LogP contribution in [0.5, 0.6) is 11.5 Å². The van der Waals surface area contributed by atoms with Crippen molar-refractivity contribution in [1.82, 2.24) is 4.90 Å². The first kappa shape index (κ1) is 17.2. The maximum Gasteiger partial charge on any atom is 0.257 e. The van der Waals surface area contributed by atoms with E-state index in [4.69, 9.17) is 21.1 Å². The Bertz CT molecular complexity index is 670. The Kier molecular flexibility index (Phi) is 5.88. The van der Waals surface area contributed by atoms with Crippen LogP contribution in [-0.4, -0.2) is 31.6 Å². The van der Waals surface area contributed by atoms with Crippen LogP contribution in [0.25, 0.3) is 0 Å². The van der Waals surface area contributed by atoms with Crippen molar-refractivity contribution in [2.75, 3.05) is 20.8 Å². The van der Waals surface area contributed by atoms with Crippen LogP contribution < -0.4 is 9.47 Å². The summed E-state index contributed by atoms with van der Waals surface area (Å²) in [5.41, 5.74) is 1.47. The van der Waals surface area contributed by atoms with Crippen molar-refractivity contribution in [2.24, 2.45) is 0 Å². The third-order valence-electron chi connectivity index (χ3n) is 3.39. The summed E-state index contributed by atoms with van der Waals surface area (Å²) in [5.74, 6) is 1.19. The second-order valence-electron chi connectivity index (χ2n) is 5.08. The molecule has 0 heterocycles. The van der Waals surface area contributed by atoms with E-state index < -0.39 is 0 Å². The first-order valence-electron chi connectivity index (χ1n) is 7.36. The zero-order valence-electron chi connectivity index (χ0n) is 13.5. The molecule has 0 bridgehead atoms. The molecule has 0 aromatic heterocycles. The Morgan fingerprint density at radius 1 is 1.17 bits per heavy atom. The molecule has 2 rings (SSSR count). The first-order chi connectivity index (χ1) is 11.0. The molecule has 4 nitrogen and oxygen atoms in total. The van der Waals surface area contributed by atoms with Crippen molar-refractivity contribution in [3.8, 4) is 11.5 Å². The van der Waals surface area contributed by atoms with Gasteiger partial charge in [-0.3, -0.25) is 4.79 Å². The molecule has 0 fully saturated rings. The molecular weight excluding hydrogens is 314 g/mol. The van der Waals surface area contributed by atoms with Crippen LogP contribution in [0.2, 0.25) is 5.02 Å². The molecule has 0 radical (unpaired) electrons. The van der Waals surface area contributed by atoms with E-state index in [1.165, 1.54) is 7.11 Å². The quantitative estimate of drug-likeness (QED) is 0.801. The number of benzene rings is 2. The molecule has 122 valence electrons. The van der Waals surface area contributed by atoms with Crippen LogP contribution in [0, 0.1) is 0 Å². The molecule has 0 unspecified atom stereocenters. The van der Waals surface area contributed by atoms with Crippen molar-refractivity contribution in [1.29, 1.82) is 0 Å². The van der Waals surface area contributed by atoms with Gasteiger partial charge in [0.05, 0.1) is 19.3 Å². The van der Waals surface area contributed by atoms with E-state index in [2.05, 4.69) is 0 Å². The normalized spacial score (nSPS) is 10.3. The summed E-state index contributed by atoms with van der Waals surface area (Å²) in [6, 6.07) is 12.7. The van der Waals surface area contributed by atoms with E-state index in [0.717, 1.165) is 11.3 Å². The van der Waals surface area contributed by atoms with E-state index in [0.29, 0.717) is 29.5 Å². The molecule has 0 spiro atoms. The molecule has 0 saturated heterocycles. The topological polar surface area (TPSA) is 38.8 Å². The van der Waals surface area contributed by atoms with Crippen LogP contribution in [0.4, 0.5) is 0 Å². The van der Waals surface area contributed by atoms with Gasteiger partial charge in [0.1, 0.15) is 11.5 Å². The molecule has 0 aliphatic rings. The first-order valence-corrected chi connectivity index (χ1v) is 7.73. The summed E-state index contributed by atoms with van der Waals surface area (Å²) in [4.78, 5) is 14.2. The number of ether oxygens (including phenoxy) is 2. The van der Waals surface area contributed by atoms with Gasteiger partial charge in [-0.1, -0.05) is 23.7 Å². The number of rotatable bonds is 6. The predicted octanol–water partition coefficient (Wildman–Crippen LogP) is 4.02. The lowest BCUT2D eigenvalue weighted by molar-refractivity contribution is 0.0781. The Hall–Kier alpha value is -2.20. The molecule has 0 aliphatic heterocycles. The fraction of sp³-hybridized carbons (Fsp3) is 0.278. The Balaban J connectivity index is 2.12. The minimum atomic E-state index is -0.141. The lowest BCUT2D eigenvalue weighted by Gasteiger charge is -2.19. The molecule has 23 heavy (non-hydrogen) atoms. The number of hydrogen-bond donors (Lipinski definition) is 0. The molecule has 0 saturated carbocycles. The van der Waals surface area contributed by atoms with E-state index in [-0.39, 0.29) is 5.91 Å². The average molecular weight is 334 g/mol. The highest BCUT2D eigenvalue weighted by molar-refractivity contribution is 6.31. The second kappa shape index (κ2) is 7.88. The summed E-state index contributed by atoms with van der Waals surface area (Å²) >= 11 is 5.99. The lowest BCUT2D eigenvalue weighted by Crippen LogP contribution is -2.26. The van der Waals surface area contributed by atoms with Gasteiger partial charge in [0.15, 0.2) is 0 Å². The molecule has 0 atom stereocenters. The maximum absolute atomic E-state index is 12.6. The molecule has 2 aromatic carbocycles. The van der Waals surface area contributed by atoms with Crippen LogP contribution in [0.3, 0.4) is 0 Å². The van der Waals surface area contributed by atoms with Gasteiger partial charge < -0.3 is 14.4 Å². The van der Waals surface area contributed by atoms with Crippen LogP contribution in [0.15, 0.2) is 42.5 Å². The van der Waals surface area contributed by atoms with Gasteiger partial charge in [0.2, 0.25) is 0 Å². The molecule has 0 N–H and O–H groups in total. The van der Waals surface area contributed by atoms with Gasteiger partial charge in [0.25, 0.3) is 5.91 Å². The summed E-state index contributed by atoms with van der Waals surface area (Å²) in [5, 5.41) is 0.503. The number of methoxy groups -OCH3 is 1. The average Bonchev–Trinajstić information content (AvgIpc) is 2.56. The fourth-order valence-electron chi connectivity index (χ4n) is 2.26. The van der Waals surface area contributed by atoms with Gasteiger partial charge in [-0.25, -0.2) is 0 Å². The number of nitrogens with zero attached hydrogens (tertiary/aromatic N) is 1. The van der Waals surface area contributed by atoms with Crippen molar-refractivity contribution in [3.63, 3.8) is 0 Å². The van der Waals surface area contributed by atoms with E-state index >= 15 is 0 Å². The minimum absolute atomic E-state index is 0.141. The third kappa shape index (κ3) is 4.39. The summed E-state index contributed by atoms with van der Waals surface area (Å²) in [7, 11) is 3.28. The zero-order chi connectivity index (χ0) is 16.8. The number of halogens is 1. The van der Waals surface area contributed by atoms with E-state index in [9.17, 15) is 4.79 Å². The summed E-state index contributed by atoms with van der Waals surface area (Å²) < 4.78 is 10.7. The van der Waals surface area contributed by atoms with Crippen LogP contribution in [0.1, 0.15) is 22.8 Å². The Morgan fingerprint density at radius 2 is 1.87 bits per heavy atom. The van der Waals surface area contributed by atoms with Gasteiger partial charge in [-0.15, -0.1) is 0 Å². The van der Waals surface area contributed by atoms with E-state index in [1.54, 1.807) is 30.1 Å². The molecule has 1 amide bonds. The van der Waals surface area contributed by atoms with Gasteiger partial charge in [-0.05, 0) is 42.8 Å². The molecular formula is C18H20ClNO3. The molecule has 0 aliphatic carbocycles. The molecule has 5 heteroatoms. The number of carbonyl (C=O) groups is 1. The largest absolute Gasteiger partial charge is 0.496 e. The van der Waals surface area contributed by atoms with Crippen molar-refractivity contribution >= 4 is 17.5 Å². The Labute approximate surface area is 141 Å². The number of carbonyl (C=O) groups excluding carboxylic acids is 1. The van der Waals surface area contributed by atoms with Gasteiger partial charge in [-0.2, -0.15) is 0 Å². The second-order valence-corrected chi connectivity index (χ2v) is 5.52. The van der Waals surface area contributed by atoms with Crippen LogP contribution in [-0.2, 0) is 6.54 Å². The monoisotopic (exact) mass is 333 g/mol. The maximum atomic E-state index is 12.6. The van der Waals surface area contributed by atoms with Crippen LogP contribution >= 0.6 is 11.6 Å². The summed E-state index contributed by atoms with van der Waals surface area (Å²) in [6.07, 6.45) is 0. The minimum Gasteiger partial charge on any atom is -0.496 e. The Morgan fingerprint density at radius 3 is 2.48 bits per heavy atom. The van der Waals surface area contributed by atoms with Crippen molar-refractivity contribution < 1.29 is 14.3 Å². The highest BCUT2D eigenvalue weighted by Gasteiger charge is 2.17. The van der Waals surface area contributed by atoms with Crippen molar-refractivity contribution in [2.45, 2.75) is 13.5 Å². The smallest absolute Gasteiger partial charge is 0.257 e. The third-order valence-corrected chi connectivity index (χ3v) is 3.63. The zero-order valence-corrected chi connectivity index (χ0v) is 14.3. The van der Waals surface area contributed by atoms with Gasteiger partial charge in [0, 0.05) is 18.6 Å². The van der Waals surface area contributed by atoms with Gasteiger partial charge >= 0.3 is 0 Å². The standard InChI is InChI=1S/C18H20ClNO3/c1-4-23-15-8-5-13(6-9-15)12-20(2)18(21)16-11-14(19)7-10-17(16)22-3/h5-11H,4,12H2,1-3H3. The fourth-order valence-corrected chi connectivity index (χ4v) is 2.43. The predicted molar refractivity (Wildman–Crippen MR) is 91.4 cm³/mol. The van der Waals surface area contributed by atoms with E-state index in [1.807, 2.05) is 31.2 Å². The number of hydrogen-bond acceptors (Lipinski definition) is 3. The lowest BCUT2D eigenvalue weighted by atomic mass is 10.1. The molecule has 2 aromatic rings.